The van der Waals surface area contributed by atoms with Gasteiger partial charge in [-0.3, -0.25) is 4.79 Å². The number of halogens is 3. The SMILES string of the molecule is COc1cc(Cl)c(C)cc1NC(=O)C(Cl)Cl. The van der Waals surface area contributed by atoms with Gasteiger partial charge in [-0.2, -0.15) is 0 Å². The van der Waals surface area contributed by atoms with Gasteiger partial charge in [0.25, 0.3) is 5.91 Å². The highest BCUT2D eigenvalue weighted by molar-refractivity contribution is 6.54. The van der Waals surface area contributed by atoms with Crippen LogP contribution in [0.25, 0.3) is 0 Å². The predicted molar refractivity (Wildman–Crippen MR) is 66.9 cm³/mol. The molecule has 1 aromatic rings. The third kappa shape index (κ3) is 3.17. The number of anilines is 1. The van der Waals surface area contributed by atoms with E-state index in [1.165, 1.54) is 7.11 Å². The molecule has 1 N–H and O–H groups in total. The van der Waals surface area contributed by atoms with E-state index in [1.807, 2.05) is 6.92 Å². The Morgan fingerprint density at radius 3 is 2.56 bits per heavy atom. The summed E-state index contributed by atoms with van der Waals surface area (Å²) in [6, 6.07) is 3.30. The molecular formula is C10H10Cl3NO2. The van der Waals surface area contributed by atoms with E-state index in [4.69, 9.17) is 39.5 Å². The lowest BCUT2D eigenvalue weighted by molar-refractivity contribution is -0.114. The van der Waals surface area contributed by atoms with Crippen molar-refractivity contribution < 1.29 is 9.53 Å². The molecule has 0 aliphatic carbocycles. The first-order valence-electron chi connectivity index (χ1n) is 4.39. The van der Waals surface area contributed by atoms with Gasteiger partial charge in [0.1, 0.15) is 5.75 Å². The second-order valence-electron chi connectivity index (χ2n) is 3.09. The van der Waals surface area contributed by atoms with E-state index in [1.54, 1.807) is 12.1 Å². The number of benzene rings is 1. The molecule has 0 saturated heterocycles. The molecule has 1 aromatic carbocycles. The quantitative estimate of drug-likeness (QED) is 0.863. The number of ether oxygens (including phenoxy) is 1. The van der Waals surface area contributed by atoms with Gasteiger partial charge in [-0.25, -0.2) is 0 Å². The standard InChI is InChI=1S/C10H10Cl3NO2/c1-5-3-7(14-10(15)9(12)13)8(16-2)4-6(5)11/h3-4,9H,1-2H3,(H,14,15). The largest absolute Gasteiger partial charge is 0.495 e. The van der Waals surface area contributed by atoms with Gasteiger partial charge in [0.15, 0.2) is 4.84 Å². The van der Waals surface area contributed by atoms with Gasteiger partial charge >= 0.3 is 0 Å². The summed E-state index contributed by atoms with van der Waals surface area (Å²) < 4.78 is 5.08. The minimum atomic E-state index is -1.12. The molecule has 6 heteroatoms. The Morgan fingerprint density at radius 1 is 1.44 bits per heavy atom. The van der Waals surface area contributed by atoms with Gasteiger partial charge in [-0.05, 0) is 18.6 Å². The number of rotatable bonds is 3. The Balaban J connectivity index is 3.03. The topological polar surface area (TPSA) is 38.3 Å². The molecule has 0 heterocycles. The van der Waals surface area contributed by atoms with Gasteiger partial charge in [-0.1, -0.05) is 34.8 Å². The Labute approximate surface area is 109 Å². The van der Waals surface area contributed by atoms with Crippen LogP contribution < -0.4 is 10.1 Å². The fourth-order valence-corrected chi connectivity index (χ4v) is 1.38. The van der Waals surface area contributed by atoms with Crippen LogP contribution >= 0.6 is 34.8 Å². The molecule has 0 aromatic heterocycles. The number of carbonyl (C=O) groups excluding carboxylic acids is 1. The van der Waals surface area contributed by atoms with Crippen LogP contribution in [0.15, 0.2) is 12.1 Å². The number of alkyl halides is 2. The van der Waals surface area contributed by atoms with Crippen LogP contribution in [0.4, 0.5) is 5.69 Å². The van der Waals surface area contributed by atoms with Gasteiger partial charge < -0.3 is 10.1 Å². The zero-order valence-electron chi connectivity index (χ0n) is 8.68. The first-order chi connectivity index (χ1) is 7.45. The summed E-state index contributed by atoms with van der Waals surface area (Å²) in [7, 11) is 1.48. The highest BCUT2D eigenvalue weighted by Crippen LogP contribution is 2.31. The average Bonchev–Trinajstić information content (AvgIpc) is 2.22. The molecular weight excluding hydrogens is 272 g/mol. The Hall–Kier alpha value is -0.640. The van der Waals surface area contributed by atoms with Gasteiger partial charge in [-0.15, -0.1) is 0 Å². The third-order valence-electron chi connectivity index (χ3n) is 1.94. The average molecular weight is 283 g/mol. The summed E-state index contributed by atoms with van der Waals surface area (Å²) in [4.78, 5) is 10.2. The van der Waals surface area contributed by atoms with Crippen LogP contribution in [-0.4, -0.2) is 17.9 Å². The van der Waals surface area contributed by atoms with Crippen molar-refractivity contribution in [2.24, 2.45) is 0 Å². The fraction of sp³-hybridized carbons (Fsp3) is 0.300. The highest BCUT2D eigenvalue weighted by atomic mass is 35.5. The highest BCUT2D eigenvalue weighted by Gasteiger charge is 2.15. The number of hydrogen-bond donors (Lipinski definition) is 1. The lowest BCUT2D eigenvalue weighted by Gasteiger charge is -2.12. The molecule has 0 unspecified atom stereocenters. The van der Waals surface area contributed by atoms with E-state index < -0.39 is 10.7 Å². The summed E-state index contributed by atoms with van der Waals surface area (Å²) in [5, 5.41) is 3.10. The molecule has 0 spiro atoms. The van der Waals surface area contributed by atoms with E-state index >= 15 is 0 Å². The van der Waals surface area contributed by atoms with Crippen molar-refractivity contribution >= 4 is 46.4 Å². The third-order valence-corrected chi connectivity index (χ3v) is 2.74. The molecule has 0 saturated carbocycles. The van der Waals surface area contributed by atoms with Crippen molar-refractivity contribution in [3.05, 3.63) is 22.7 Å². The summed E-state index contributed by atoms with van der Waals surface area (Å²) in [6.07, 6.45) is 0. The monoisotopic (exact) mass is 281 g/mol. The summed E-state index contributed by atoms with van der Waals surface area (Å²) in [5.41, 5.74) is 1.30. The number of hydrogen-bond acceptors (Lipinski definition) is 2. The Bertz CT molecular complexity index is 407. The lowest BCUT2D eigenvalue weighted by Crippen LogP contribution is -2.19. The van der Waals surface area contributed by atoms with Crippen LogP contribution in [0, 0.1) is 6.92 Å². The molecule has 0 aliphatic heterocycles. The number of nitrogens with one attached hydrogen (secondary N) is 1. The molecule has 0 bridgehead atoms. The Morgan fingerprint density at radius 2 is 2.06 bits per heavy atom. The molecule has 0 aliphatic rings. The van der Waals surface area contributed by atoms with Crippen molar-refractivity contribution in [1.29, 1.82) is 0 Å². The van der Waals surface area contributed by atoms with Crippen LogP contribution in [0.3, 0.4) is 0 Å². The van der Waals surface area contributed by atoms with E-state index in [0.29, 0.717) is 16.5 Å². The molecule has 0 fully saturated rings. The van der Waals surface area contributed by atoms with Crippen molar-refractivity contribution in [2.45, 2.75) is 11.8 Å². The van der Waals surface area contributed by atoms with Gasteiger partial charge in [0.2, 0.25) is 0 Å². The van der Waals surface area contributed by atoms with E-state index in [-0.39, 0.29) is 0 Å². The van der Waals surface area contributed by atoms with E-state index in [9.17, 15) is 4.79 Å². The maximum Gasteiger partial charge on any atom is 0.257 e. The molecule has 1 amide bonds. The van der Waals surface area contributed by atoms with Crippen LogP contribution in [-0.2, 0) is 4.79 Å². The van der Waals surface area contributed by atoms with Crippen molar-refractivity contribution in [2.75, 3.05) is 12.4 Å². The maximum atomic E-state index is 11.3. The second-order valence-corrected chi connectivity index (χ2v) is 4.60. The van der Waals surface area contributed by atoms with Gasteiger partial charge in [0.05, 0.1) is 12.8 Å². The van der Waals surface area contributed by atoms with E-state index in [2.05, 4.69) is 5.32 Å². The molecule has 3 nitrogen and oxygen atoms in total. The normalized spacial score (nSPS) is 10.4. The molecule has 0 atom stereocenters. The smallest absolute Gasteiger partial charge is 0.257 e. The zero-order valence-corrected chi connectivity index (χ0v) is 11.0. The molecule has 88 valence electrons. The van der Waals surface area contributed by atoms with Gasteiger partial charge in [0, 0.05) is 11.1 Å². The first-order valence-corrected chi connectivity index (χ1v) is 5.64. The van der Waals surface area contributed by atoms with Crippen LogP contribution in [0.2, 0.25) is 5.02 Å². The summed E-state index contributed by atoms with van der Waals surface area (Å²) in [6.45, 7) is 1.82. The minimum absolute atomic E-state index is 0.456. The molecule has 1 rings (SSSR count). The van der Waals surface area contributed by atoms with Crippen molar-refractivity contribution in [3.63, 3.8) is 0 Å². The maximum absolute atomic E-state index is 11.3. The second kappa shape index (κ2) is 5.62. The molecule has 16 heavy (non-hydrogen) atoms. The lowest BCUT2D eigenvalue weighted by atomic mass is 10.2. The van der Waals surface area contributed by atoms with Crippen LogP contribution in [0.5, 0.6) is 5.75 Å². The number of aryl methyl sites for hydroxylation is 1. The van der Waals surface area contributed by atoms with E-state index in [0.717, 1.165) is 5.56 Å². The number of carbonyl (C=O) groups is 1. The summed E-state index contributed by atoms with van der Waals surface area (Å²) >= 11 is 16.8. The Kier molecular flexibility index (Phi) is 4.71. The fourth-order valence-electron chi connectivity index (χ4n) is 1.12. The predicted octanol–water partition coefficient (Wildman–Crippen LogP) is 3.40. The number of amides is 1. The molecule has 0 radical (unpaired) electrons. The van der Waals surface area contributed by atoms with Crippen LogP contribution in [0.1, 0.15) is 5.56 Å². The first kappa shape index (κ1) is 13.4. The minimum Gasteiger partial charge on any atom is -0.495 e. The number of methoxy groups -OCH3 is 1. The van der Waals surface area contributed by atoms with Crippen molar-refractivity contribution in [1.82, 2.24) is 0 Å². The van der Waals surface area contributed by atoms with Crippen molar-refractivity contribution in [3.8, 4) is 5.75 Å². The zero-order chi connectivity index (χ0) is 12.3. The summed E-state index contributed by atoms with van der Waals surface area (Å²) in [5.74, 6) is -0.0544.